The fourth-order valence-electron chi connectivity index (χ4n) is 2.44. The summed E-state index contributed by atoms with van der Waals surface area (Å²) >= 11 is 0. The second-order valence-corrected chi connectivity index (χ2v) is 5.30. The highest BCUT2D eigenvalue weighted by molar-refractivity contribution is 5.60. The van der Waals surface area contributed by atoms with Crippen molar-refractivity contribution < 1.29 is 14.1 Å². The average Bonchev–Trinajstić information content (AvgIpc) is 2.65. The molecule has 0 amide bonds. The van der Waals surface area contributed by atoms with E-state index in [2.05, 4.69) is 5.32 Å². The van der Waals surface area contributed by atoms with Crippen molar-refractivity contribution in [2.45, 2.75) is 6.04 Å². The Labute approximate surface area is 141 Å². The van der Waals surface area contributed by atoms with Crippen LogP contribution in [0.5, 0.6) is 5.75 Å². The summed E-state index contributed by atoms with van der Waals surface area (Å²) in [7, 11) is 0. The lowest BCUT2D eigenvalue weighted by molar-refractivity contribution is -0.698. The molecule has 0 saturated carbocycles. The van der Waals surface area contributed by atoms with E-state index >= 15 is 0 Å². The first-order valence-corrected chi connectivity index (χ1v) is 7.79. The number of nitrogens with zero attached hydrogens (tertiary/aromatic N) is 1. The monoisotopic (exact) mass is 319 g/mol. The standard InChI is InChI=1S/C20H19N2O2/c23-15-20(22-13-5-2-6-14-22)17-9-11-18(12-10-17)21-16-24-19-7-3-1-4-8-19/h1-15,20-21H,16H2/q+1. The van der Waals surface area contributed by atoms with Gasteiger partial charge in [0.1, 0.15) is 5.75 Å². The summed E-state index contributed by atoms with van der Waals surface area (Å²) < 4.78 is 7.49. The zero-order valence-corrected chi connectivity index (χ0v) is 13.2. The summed E-state index contributed by atoms with van der Waals surface area (Å²) in [5.74, 6) is 0.822. The van der Waals surface area contributed by atoms with Gasteiger partial charge in [-0.05, 0) is 36.4 Å². The zero-order valence-electron chi connectivity index (χ0n) is 13.2. The van der Waals surface area contributed by atoms with Gasteiger partial charge in [0.2, 0.25) is 6.04 Å². The van der Waals surface area contributed by atoms with Crippen LogP contribution in [-0.4, -0.2) is 13.0 Å². The Hall–Kier alpha value is -3.14. The average molecular weight is 319 g/mol. The van der Waals surface area contributed by atoms with Crippen LogP contribution < -0.4 is 14.6 Å². The van der Waals surface area contributed by atoms with Crippen LogP contribution in [0.1, 0.15) is 11.6 Å². The number of para-hydroxylation sites is 1. The maximum atomic E-state index is 11.5. The Morgan fingerprint density at radius 2 is 1.58 bits per heavy atom. The second kappa shape index (κ2) is 7.92. The molecule has 1 aromatic heterocycles. The number of nitrogens with one attached hydrogen (secondary N) is 1. The first kappa shape index (κ1) is 15.7. The number of carbonyl (C=O) groups is 1. The van der Waals surface area contributed by atoms with Gasteiger partial charge in [-0.2, -0.15) is 4.57 Å². The molecule has 0 aliphatic rings. The van der Waals surface area contributed by atoms with E-state index < -0.39 is 0 Å². The van der Waals surface area contributed by atoms with Crippen LogP contribution in [0.2, 0.25) is 0 Å². The predicted molar refractivity (Wildman–Crippen MR) is 92.8 cm³/mol. The molecule has 0 spiro atoms. The highest BCUT2D eigenvalue weighted by Gasteiger charge is 2.19. The second-order valence-electron chi connectivity index (χ2n) is 5.30. The lowest BCUT2D eigenvalue weighted by atomic mass is 10.1. The largest absolute Gasteiger partial charge is 0.473 e. The molecular formula is C20H19N2O2+. The van der Waals surface area contributed by atoms with E-state index in [4.69, 9.17) is 4.74 Å². The third-order valence-corrected chi connectivity index (χ3v) is 3.70. The Bertz CT molecular complexity index is 759. The quantitative estimate of drug-likeness (QED) is 0.413. The molecule has 120 valence electrons. The van der Waals surface area contributed by atoms with Gasteiger partial charge >= 0.3 is 0 Å². The van der Waals surface area contributed by atoms with Crippen molar-refractivity contribution in [3.63, 3.8) is 0 Å². The van der Waals surface area contributed by atoms with Gasteiger partial charge in [0.05, 0.1) is 0 Å². The molecule has 0 fully saturated rings. The van der Waals surface area contributed by atoms with Gasteiger partial charge in [-0.3, -0.25) is 4.79 Å². The third-order valence-electron chi connectivity index (χ3n) is 3.70. The maximum absolute atomic E-state index is 11.5. The van der Waals surface area contributed by atoms with Crippen LogP contribution in [-0.2, 0) is 4.79 Å². The predicted octanol–water partition coefficient (Wildman–Crippen LogP) is 3.21. The minimum Gasteiger partial charge on any atom is -0.473 e. The minimum atomic E-state index is -0.319. The number of carbonyl (C=O) groups excluding carboxylic acids is 1. The molecule has 4 nitrogen and oxygen atoms in total. The number of aldehydes is 1. The maximum Gasteiger partial charge on any atom is 0.238 e. The molecule has 3 rings (SSSR count). The number of aromatic nitrogens is 1. The first-order valence-electron chi connectivity index (χ1n) is 7.79. The molecule has 2 aromatic carbocycles. The molecule has 1 atom stereocenters. The van der Waals surface area contributed by atoms with Gasteiger partial charge in [-0.1, -0.05) is 24.3 Å². The van der Waals surface area contributed by atoms with E-state index in [-0.39, 0.29) is 6.04 Å². The minimum absolute atomic E-state index is 0.319. The molecule has 3 aromatic rings. The SMILES string of the molecule is O=CC(c1ccc(NCOc2ccccc2)cc1)[n+]1ccccc1. The van der Waals surface area contributed by atoms with Gasteiger partial charge in [-0.15, -0.1) is 0 Å². The summed E-state index contributed by atoms with van der Waals surface area (Å²) in [6, 6.07) is 22.9. The highest BCUT2D eigenvalue weighted by Crippen LogP contribution is 2.15. The van der Waals surface area contributed by atoms with Gasteiger partial charge in [0.15, 0.2) is 25.4 Å². The molecule has 24 heavy (non-hydrogen) atoms. The summed E-state index contributed by atoms with van der Waals surface area (Å²) in [4.78, 5) is 11.5. The lowest BCUT2D eigenvalue weighted by Crippen LogP contribution is -2.40. The molecule has 1 heterocycles. The topological polar surface area (TPSA) is 42.2 Å². The van der Waals surface area contributed by atoms with Crippen LogP contribution in [0.25, 0.3) is 0 Å². The van der Waals surface area contributed by atoms with E-state index in [0.717, 1.165) is 23.3 Å². The lowest BCUT2D eigenvalue weighted by Gasteiger charge is -2.10. The molecule has 0 aliphatic carbocycles. The first-order chi connectivity index (χ1) is 11.9. The van der Waals surface area contributed by atoms with Crippen molar-refractivity contribution in [3.05, 3.63) is 90.8 Å². The van der Waals surface area contributed by atoms with E-state index in [1.54, 1.807) is 0 Å². The number of hydrogen-bond donors (Lipinski definition) is 1. The Morgan fingerprint density at radius 3 is 2.25 bits per heavy atom. The van der Waals surface area contributed by atoms with Gasteiger partial charge < -0.3 is 10.1 Å². The summed E-state index contributed by atoms with van der Waals surface area (Å²) in [6.07, 6.45) is 4.72. The molecular weight excluding hydrogens is 300 g/mol. The van der Waals surface area contributed by atoms with Crippen molar-refractivity contribution in [1.29, 1.82) is 0 Å². The Kier molecular flexibility index (Phi) is 5.20. The molecule has 0 bridgehead atoms. The molecule has 4 heteroatoms. The molecule has 1 unspecified atom stereocenters. The van der Waals surface area contributed by atoms with E-state index in [9.17, 15) is 4.79 Å². The number of anilines is 1. The summed E-state index contributed by atoms with van der Waals surface area (Å²) in [5.41, 5.74) is 1.88. The van der Waals surface area contributed by atoms with Crippen molar-refractivity contribution >= 4 is 12.0 Å². The number of ether oxygens (including phenoxy) is 1. The molecule has 0 aliphatic heterocycles. The van der Waals surface area contributed by atoms with Gasteiger partial charge in [0, 0.05) is 23.4 Å². The summed E-state index contributed by atoms with van der Waals surface area (Å²) in [6.45, 7) is 0.383. The Morgan fingerprint density at radius 1 is 0.917 bits per heavy atom. The van der Waals surface area contributed by atoms with Crippen LogP contribution in [0.3, 0.4) is 0 Å². The third kappa shape index (κ3) is 3.98. The molecule has 0 saturated heterocycles. The normalized spacial score (nSPS) is 11.5. The van der Waals surface area contributed by atoms with Crippen LogP contribution in [0.4, 0.5) is 5.69 Å². The summed E-state index contributed by atoms with van der Waals surface area (Å²) in [5, 5.41) is 3.20. The van der Waals surface area contributed by atoms with E-state index in [1.165, 1.54) is 0 Å². The highest BCUT2D eigenvalue weighted by atomic mass is 16.5. The number of benzene rings is 2. The molecule has 0 radical (unpaired) electrons. The number of rotatable bonds is 7. The van der Waals surface area contributed by atoms with Crippen LogP contribution in [0.15, 0.2) is 85.2 Å². The zero-order chi connectivity index (χ0) is 16.6. The van der Waals surface area contributed by atoms with Crippen molar-refractivity contribution in [2.24, 2.45) is 0 Å². The fourth-order valence-corrected chi connectivity index (χ4v) is 2.44. The van der Waals surface area contributed by atoms with E-state index in [0.29, 0.717) is 6.73 Å². The van der Waals surface area contributed by atoms with Crippen LogP contribution in [0, 0.1) is 0 Å². The number of hydrogen-bond acceptors (Lipinski definition) is 3. The van der Waals surface area contributed by atoms with E-state index in [1.807, 2.05) is 89.8 Å². The van der Waals surface area contributed by atoms with Crippen molar-refractivity contribution in [2.75, 3.05) is 12.0 Å². The van der Waals surface area contributed by atoms with Crippen LogP contribution >= 0.6 is 0 Å². The molecule has 1 N–H and O–H groups in total. The van der Waals surface area contributed by atoms with Crippen molar-refractivity contribution in [1.82, 2.24) is 0 Å². The van der Waals surface area contributed by atoms with Gasteiger partial charge in [0.25, 0.3) is 0 Å². The van der Waals surface area contributed by atoms with Gasteiger partial charge in [-0.25, -0.2) is 0 Å². The fraction of sp³-hybridized carbons (Fsp3) is 0.100. The number of pyridine rings is 1. The smallest absolute Gasteiger partial charge is 0.238 e. The van der Waals surface area contributed by atoms with Crippen molar-refractivity contribution in [3.8, 4) is 5.75 Å². The Balaban J connectivity index is 1.61.